The molecule has 4 aliphatic heterocycles. The number of ketones is 2. The molecule has 2 aromatic carbocycles. The van der Waals surface area contributed by atoms with Gasteiger partial charge in [-0.2, -0.15) is 0 Å². The zero-order valence-corrected chi connectivity index (χ0v) is 25.0. The number of hydrogen-bond acceptors (Lipinski definition) is 12. The van der Waals surface area contributed by atoms with Gasteiger partial charge in [-0.05, 0) is 41.7 Å². The fourth-order valence-corrected chi connectivity index (χ4v) is 21.1. The zero-order chi connectivity index (χ0) is 27.4. The molecule has 0 aromatic heterocycles. The zero-order valence-electron chi connectivity index (χ0n) is 21.0. The quantitative estimate of drug-likeness (QED) is 0.166. The summed E-state index contributed by atoms with van der Waals surface area (Å²) in [5.74, 6) is -0.0473. The minimum absolute atomic E-state index is 0.0242. The van der Waals surface area contributed by atoms with E-state index in [0.29, 0.717) is 23.3 Å². The SMILES string of the molecule is CC(C)(C)c1ccc(C(=O)CC(=O)c2ccc(OCCC[Si]34O[Si]5(O)O[Si](O)(O[Si](O)(O5)O3)O4)cc2)cc1. The lowest BCUT2D eigenvalue weighted by Crippen LogP contribution is -2.89. The van der Waals surface area contributed by atoms with Gasteiger partial charge in [-0.1, -0.05) is 45.0 Å². The lowest BCUT2D eigenvalue weighted by atomic mass is 9.86. The van der Waals surface area contributed by atoms with E-state index in [1.54, 1.807) is 36.4 Å². The standard InChI is InChI=1S/C22H28O12Si4/c1-22(2,3)18-9-5-16(6-10-18)20(23)15-21(24)17-7-11-19(12-8-17)28-13-4-14-35-29-36(25)32-37(26,30-35)34-38(27,31-35)33-36/h5-12,25-27H,4,13-15H2,1-3H3. The maximum atomic E-state index is 12.6. The first kappa shape index (κ1) is 27.6. The van der Waals surface area contributed by atoms with Crippen molar-refractivity contribution in [3.8, 4) is 5.75 Å². The van der Waals surface area contributed by atoms with Gasteiger partial charge in [0.05, 0.1) is 13.0 Å². The molecular formula is C22H28O12Si4. The summed E-state index contributed by atoms with van der Waals surface area (Å²) in [6.45, 7) is 6.46. The lowest BCUT2D eigenvalue weighted by molar-refractivity contribution is -0.120. The van der Waals surface area contributed by atoms with Crippen molar-refractivity contribution in [2.45, 2.75) is 45.1 Å². The van der Waals surface area contributed by atoms with Crippen LogP contribution in [0, 0.1) is 0 Å². The Balaban J connectivity index is 1.11. The van der Waals surface area contributed by atoms with Crippen LogP contribution in [0.5, 0.6) is 5.75 Å². The lowest BCUT2D eigenvalue weighted by Gasteiger charge is -2.56. The number of rotatable bonds is 9. The first-order chi connectivity index (χ1) is 17.7. The highest BCUT2D eigenvalue weighted by molar-refractivity contribution is 6.97. The van der Waals surface area contributed by atoms with Gasteiger partial charge in [0.15, 0.2) is 11.6 Å². The molecule has 12 nitrogen and oxygen atoms in total. The van der Waals surface area contributed by atoms with E-state index in [-0.39, 0.29) is 36.1 Å². The van der Waals surface area contributed by atoms with E-state index in [1.165, 1.54) is 0 Å². The highest BCUT2D eigenvalue weighted by Crippen LogP contribution is 2.45. The first-order valence-corrected chi connectivity index (χ1v) is 18.9. The number of ether oxygens (including phenoxy) is 1. The van der Waals surface area contributed by atoms with Gasteiger partial charge in [0, 0.05) is 17.2 Å². The van der Waals surface area contributed by atoms with Crippen LogP contribution < -0.4 is 4.74 Å². The van der Waals surface area contributed by atoms with Crippen LogP contribution in [0.2, 0.25) is 6.04 Å². The van der Waals surface area contributed by atoms with Crippen molar-refractivity contribution >= 4 is 47.5 Å². The molecule has 0 unspecified atom stereocenters. The Morgan fingerprint density at radius 1 is 0.737 bits per heavy atom. The first-order valence-electron chi connectivity index (χ1n) is 12.0. The molecule has 3 N–H and O–H groups in total. The monoisotopic (exact) mass is 596 g/mol. The Hall–Kier alpha value is -1.91. The normalized spacial score (nSPS) is 31.8. The molecule has 2 aromatic rings. The molecule has 0 aliphatic carbocycles. The van der Waals surface area contributed by atoms with Crippen molar-refractivity contribution in [1.82, 2.24) is 0 Å². The van der Waals surface area contributed by atoms with E-state index in [9.17, 15) is 24.0 Å². The van der Waals surface area contributed by atoms with E-state index in [2.05, 4.69) is 20.8 Å². The van der Waals surface area contributed by atoms with Crippen LogP contribution in [-0.4, -0.2) is 68.5 Å². The van der Waals surface area contributed by atoms with E-state index in [4.69, 9.17) is 29.4 Å². The second-order valence-electron chi connectivity index (χ2n) is 10.2. The van der Waals surface area contributed by atoms with E-state index >= 15 is 0 Å². The average Bonchev–Trinajstić information content (AvgIpc) is 2.78. The predicted molar refractivity (Wildman–Crippen MR) is 136 cm³/mol. The van der Waals surface area contributed by atoms with Crippen LogP contribution in [-0.2, 0) is 30.1 Å². The third-order valence-electron chi connectivity index (χ3n) is 6.09. The number of hydrogen-bond donors (Lipinski definition) is 3. The Bertz CT molecular complexity index is 1180. The van der Waals surface area contributed by atoms with Crippen LogP contribution >= 0.6 is 0 Å². The van der Waals surface area contributed by atoms with Crippen molar-refractivity contribution in [1.29, 1.82) is 0 Å². The van der Waals surface area contributed by atoms with Crippen molar-refractivity contribution in [2.24, 2.45) is 0 Å². The van der Waals surface area contributed by atoms with Crippen molar-refractivity contribution < 1.29 is 53.4 Å². The van der Waals surface area contributed by atoms with Gasteiger partial charge >= 0.3 is 35.9 Å². The third kappa shape index (κ3) is 5.82. The van der Waals surface area contributed by atoms with Crippen LogP contribution in [0.4, 0.5) is 0 Å². The Morgan fingerprint density at radius 3 is 1.63 bits per heavy atom. The largest absolute Gasteiger partial charge is 0.657 e. The second-order valence-corrected chi connectivity index (χ2v) is 20.1. The maximum absolute atomic E-state index is 12.6. The Labute approximate surface area is 223 Å². The molecule has 4 saturated heterocycles. The molecule has 204 valence electrons. The molecule has 4 heterocycles. The van der Waals surface area contributed by atoms with Crippen molar-refractivity contribution in [3.05, 3.63) is 65.2 Å². The summed E-state index contributed by atoms with van der Waals surface area (Å²) in [5, 5.41) is 0. The summed E-state index contributed by atoms with van der Waals surface area (Å²) < 4.78 is 36.6. The highest BCUT2D eigenvalue weighted by atomic mass is 28.6. The van der Waals surface area contributed by atoms with Crippen LogP contribution in [0.15, 0.2) is 48.5 Å². The molecule has 0 amide bonds. The Morgan fingerprint density at radius 2 is 1.18 bits per heavy atom. The van der Waals surface area contributed by atoms with E-state index in [1.807, 2.05) is 12.1 Å². The summed E-state index contributed by atoms with van der Waals surface area (Å²) in [7, 11) is -16.5. The number of carbonyl (C=O) groups excluding carboxylic acids is 2. The van der Waals surface area contributed by atoms with Crippen LogP contribution in [0.1, 0.15) is 59.9 Å². The molecule has 0 atom stereocenters. The highest BCUT2D eigenvalue weighted by Gasteiger charge is 2.85. The van der Waals surface area contributed by atoms with Crippen LogP contribution in [0.3, 0.4) is 0 Å². The average molecular weight is 597 g/mol. The van der Waals surface area contributed by atoms with Gasteiger partial charge in [0.25, 0.3) is 0 Å². The minimum Gasteiger partial charge on any atom is -0.494 e. The van der Waals surface area contributed by atoms with Gasteiger partial charge in [-0.3, -0.25) is 9.59 Å². The minimum atomic E-state index is -4.29. The third-order valence-corrected chi connectivity index (χ3v) is 20.1. The molecular weight excluding hydrogens is 569 g/mol. The molecule has 4 fully saturated rings. The molecule has 4 bridgehead atoms. The number of carbonyl (C=O) groups is 2. The van der Waals surface area contributed by atoms with Gasteiger partial charge in [0.1, 0.15) is 5.75 Å². The molecule has 0 spiro atoms. The smallest absolute Gasteiger partial charge is 0.494 e. The summed E-state index contributed by atoms with van der Waals surface area (Å²) in [6, 6.07) is 13.9. The summed E-state index contributed by atoms with van der Waals surface area (Å²) in [5.41, 5.74) is 1.97. The molecule has 4 aliphatic rings. The fraction of sp³-hybridized carbons (Fsp3) is 0.364. The van der Waals surface area contributed by atoms with E-state index in [0.717, 1.165) is 5.56 Å². The second kappa shape index (κ2) is 9.62. The van der Waals surface area contributed by atoms with Gasteiger partial charge in [-0.25, -0.2) is 0 Å². The molecule has 0 radical (unpaired) electrons. The number of Topliss-reactive ketones (excluding diaryl/α,β-unsaturated/α-hetero) is 2. The predicted octanol–water partition coefficient (Wildman–Crippen LogP) is 1.57. The maximum Gasteiger partial charge on any atom is 0.657 e. The molecule has 0 saturated carbocycles. The number of benzene rings is 2. The van der Waals surface area contributed by atoms with Gasteiger partial charge < -0.3 is 43.8 Å². The summed E-state index contributed by atoms with van der Waals surface area (Å²) >= 11 is 0. The topological polar surface area (TPSA) is 159 Å². The van der Waals surface area contributed by atoms with Gasteiger partial charge in [-0.15, -0.1) is 0 Å². The Kier molecular flexibility index (Phi) is 7.00. The van der Waals surface area contributed by atoms with Crippen molar-refractivity contribution in [3.63, 3.8) is 0 Å². The molecule has 6 rings (SSSR count). The fourth-order valence-electron chi connectivity index (χ4n) is 4.20. The van der Waals surface area contributed by atoms with Gasteiger partial charge in [0.2, 0.25) is 0 Å². The molecule has 38 heavy (non-hydrogen) atoms. The summed E-state index contributed by atoms with van der Waals surface area (Å²) in [6.07, 6.45) is 0.0920. The van der Waals surface area contributed by atoms with Crippen LogP contribution in [0.25, 0.3) is 0 Å². The van der Waals surface area contributed by atoms with E-state index < -0.39 is 35.9 Å². The van der Waals surface area contributed by atoms with Crippen molar-refractivity contribution in [2.75, 3.05) is 6.61 Å². The molecule has 16 heteroatoms. The summed E-state index contributed by atoms with van der Waals surface area (Å²) in [4.78, 5) is 56.1.